The summed E-state index contributed by atoms with van der Waals surface area (Å²) in [4.78, 5) is 36.0. The Labute approximate surface area is 236 Å². The minimum Gasteiger partial charge on any atom is -0.323 e. The normalized spacial score (nSPS) is 11.9. The summed E-state index contributed by atoms with van der Waals surface area (Å²) in [6.45, 7) is 0. The number of pyridine rings is 1. The fourth-order valence-electron chi connectivity index (χ4n) is 4.40. The topological polar surface area (TPSA) is 136 Å². The first kappa shape index (κ1) is 25.4. The van der Waals surface area contributed by atoms with E-state index in [-0.39, 0.29) is 11.6 Å². The highest BCUT2D eigenvalue weighted by Crippen LogP contribution is 2.28. The molecule has 0 aliphatic carbocycles. The molecule has 1 amide bonds. The van der Waals surface area contributed by atoms with E-state index in [1.165, 1.54) is 27.8 Å². The number of rotatable bonds is 7. The number of H-pyrrole nitrogens is 1. The number of fused-ring (bicyclic) bond motifs is 1. The first-order chi connectivity index (χ1) is 19.5. The number of hydrogen-bond acceptors (Lipinski definition) is 7. The molecule has 4 heterocycles. The van der Waals surface area contributed by atoms with E-state index in [0.29, 0.717) is 38.7 Å². The zero-order valence-electron chi connectivity index (χ0n) is 20.6. The molecular weight excluding hydrogens is 553 g/mol. The lowest BCUT2D eigenvalue weighted by atomic mass is 10.0. The number of nitrogens with zero attached hydrogens (tertiary/aromatic N) is 7. The van der Waals surface area contributed by atoms with Gasteiger partial charge in [0.15, 0.2) is 10.8 Å². The first-order valence-electron chi connectivity index (χ1n) is 12.1. The predicted molar refractivity (Wildman–Crippen MR) is 151 cm³/mol. The van der Waals surface area contributed by atoms with Gasteiger partial charge in [-0.3, -0.25) is 19.3 Å². The third kappa shape index (κ3) is 5.07. The van der Waals surface area contributed by atoms with Crippen LogP contribution in [0.5, 0.6) is 0 Å². The van der Waals surface area contributed by atoms with Crippen molar-refractivity contribution in [2.75, 3.05) is 5.32 Å². The van der Waals surface area contributed by atoms with Gasteiger partial charge >= 0.3 is 0 Å². The van der Waals surface area contributed by atoms with Gasteiger partial charge in [-0.15, -0.1) is 5.10 Å². The van der Waals surface area contributed by atoms with Crippen LogP contribution < -0.4 is 10.9 Å². The van der Waals surface area contributed by atoms with Crippen LogP contribution in [0.4, 0.5) is 5.69 Å². The molecule has 0 saturated heterocycles. The van der Waals surface area contributed by atoms with Crippen LogP contribution in [-0.4, -0.2) is 45.6 Å². The number of hydrogen-bond donors (Lipinski definition) is 2. The second kappa shape index (κ2) is 10.7. The van der Waals surface area contributed by atoms with Crippen molar-refractivity contribution in [1.29, 1.82) is 0 Å². The van der Waals surface area contributed by atoms with Crippen LogP contribution in [0.2, 0.25) is 10.2 Å². The number of aromatic nitrogens is 8. The van der Waals surface area contributed by atoms with Gasteiger partial charge in [0.05, 0.1) is 41.2 Å². The minimum absolute atomic E-state index is 0.209. The molecule has 11 nitrogen and oxygen atoms in total. The molecule has 1 atom stereocenters. The molecule has 198 valence electrons. The highest BCUT2D eigenvalue weighted by molar-refractivity contribution is 6.31. The van der Waals surface area contributed by atoms with E-state index in [0.717, 1.165) is 5.56 Å². The van der Waals surface area contributed by atoms with Gasteiger partial charge in [-0.25, -0.2) is 14.6 Å². The quantitative estimate of drug-likeness (QED) is 0.288. The molecule has 2 N–H and O–H groups in total. The maximum atomic E-state index is 13.7. The van der Waals surface area contributed by atoms with Crippen molar-refractivity contribution in [2.45, 2.75) is 12.5 Å². The highest BCUT2D eigenvalue weighted by Gasteiger charge is 2.24. The van der Waals surface area contributed by atoms with E-state index in [1.807, 2.05) is 30.3 Å². The number of benzene rings is 2. The molecule has 13 heteroatoms. The van der Waals surface area contributed by atoms with Crippen LogP contribution >= 0.6 is 23.2 Å². The summed E-state index contributed by atoms with van der Waals surface area (Å²) >= 11 is 12.2. The van der Waals surface area contributed by atoms with Gasteiger partial charge in [-0.1, -0.05) is 58.7 Å². The Balaban J connectivity index is 1.39. The Bertz CT molecular complexity index is 1900. The second-order valence-corrected chi connectivity index (χ2v) is 9.68. The number of nitrogens with one attached hydrogen (secondary N) is 2. The van der Waals surface area contributed by atoms with Crippen molar-refractivity contribution in [2.24, 2.45) is 0 Å². The molecule has 0 bridgehead atoms. The average molecular weight is 572 g/mol. The predicted octanol–water partition coefficient (Wildman–Crippen LogP) is 4.49. The van der Waals surface area contributed by atoms with E-state index in [4.69, 9.17) is 23.2 Å². The SMILES string of the molecule is O=C(Nc1ccnc2[nH]ncc12)[C@H](Cc1ccccc1)n1cnc(-c2cc(Cl)ccc2-n2cc(Cl)nn2)cc1=O. The Morgan fingerprint density at radius 1 is 1.05 bits per heavy atom. The summed E-state index contributed by atoms with van der Waals surface area (Å²) < 4.78 is 2.79. The van der Waals surface area contributed by atoms with Gasteiger partial charge in [-0.05, 0) is 29.8 Å². The van der Waals surface area contributed by atoms with Crippen LogP contribution in [0.15, 0.2) is 90.4 Å². The molecule has 0 aliphatic heterocycles. The maximum Gasteiger partial charge on any atom is 0.254 e. The molecule has 0 saturated carbocycles. The number of anilines is 1. The largest absolute Gasteiger partial charge is 0.323 e. The lowest BCUT2D eigenvalue weighted by Gasteiger charge is -2.20. The zero-order chi connectivity index (χ0) is 27.6. The number of carbonyl (C=O) groups is 1. The lowest BCUT2D eigenvalue weighted by Crippen LogP contribution is -2.34. The molecule has 4 aromatic heterocycles. The average Bonchev–Trinajstić information content (AvgIpc) is 3.62. The van der Waals surface area contributed by atoms with Crippen molar-refractivity contribution in [3.63, 3.8) is 0 Å². The Kier molecular flexibility index (Phi) is 6.81. The summed E-state index contributed by atoms with van der Waals surface area (Å²) in [5, 5.41) is 18.8. The van der Waals surface area contributed by atoms with Gasteiger partial charge in [0, 0.05) is 29.3 Å². The van der Waals surface area contributed by atoms with Crippen LogP contribution in [0, 0.1) is 0 Å². The zero-order valence-corrected chi connectivity index (χ0v) is 22.1. The summed E-state index contributed by atoms with van der Waals surface area (Å²) in [7, 11) is 0. The Hall–Kier alpha value is -4.87. The first-order valence-corrected chi connectivity index (χ1v) is 12.8. The van der Waals surface area contributed by atoms with Crippen molar-refractivity contribution in [3.8, 4) is 16.9 Å². The third-order valence-electron chi connectivity index (χ3n) is 6.31. The van der Waals surface area contributed by atoms with Gasteiger partial charge in [0.25, 0.3) is 5.56 Å². The van der Waals surface area contributed by atoms with Crippen LogP contribution in [0.3, 0.4) is 0 Å². The van der Waals surface area contributed by atoms with E-state index in [2.05, 4.69) is 35.8 Å². The van der Waals surface area contributed by atoms with E-state index in [1.54, 1.807) is 36.7 Å². The van der Waals surface area contributed by atoms with Crippen LogP contribution in [0.25, 0.3) is 28.0 Å². The summed E-state index contributed by atoms with van der Waals surface area (Å²) in [5.41, 5.74) is 2.98. The molecule has 2 aromatic carbocycles. The fraction of sp³-hybridized carbons (Fsp3) is 0.0741. The van der Waals surface area contributed by atoms with Crippen LogP contribution in [-0.2, 0) is 11.2 Å². The maximum absolute atomic E-state index is 13.7. The molecule has 0 spiro atoms. The number of halogens is 2. The number of aromatic amines is 1. The molecular formula is C27H19Cl2N9O2. The van der Waals surface area contributed by atoms with Gasteiger partial charge < -0.3 is 5.32 Å². The Morgan fingerprint density at radius 2 is 1.90 bits per heavy atom. The molecule has 6 aromatic rings. The van der Waals surface area contributed by atoms with Crippen molar-refractivity contribution in [1.82, 2.24) is 39.7 Å². The number of amides is 1. The van der Waals surface area contributed by atoms with Crippen molar-refractivity contribution in [3.05, 3.63) is 112 Å². The lowest BCUT2D eigenvalue weighted by molar-refractivity contribution is -0.119. The van der Waals surface area contributed by atoms with Crippen molar-refractivity contribution >= 4 is 45.8 Å². The molecule has 0 unspecified atom stereocenters. The van der Waals surface area contributed by atoms with Gasteiger partial charge in [0.1, 0.15) is 6.04 Å². The Morgan fingerprint density at radius 3 is 2.67 bits per heavy atom. The van der Waals surface area contributed by atoms with Gasteiger partial charge in [0.2, 0.25) is 5.91 Å². The van der Waals surface area contributed by atoms with Gasteiger partial charge in [-0.2, -0.15) is 5.10 Å². The summed E-state index contributed by atoms with van der Waals surface area (Å²) in [6, 6.07) is 16.7. The number of carbonyl (C=O) groups excluding carboxylic acids is 1. The fourth-order valence-corrected chi connectivity index (χ4v) is 4.69. The van der Waals surface area contributed by atoms with Crippen molar-refractivity contribution < 1.29 is 4.79 Å². The summed E-state index contributed by atoms with van der Waals surface area (Å²) in [6.07, 6.45) is 6.30. The monoisotopic (exact) mass is 571 g/mol. The molecule has 6 rings (SSSR count). The summed E-state index contributed by atoms with van der Waals surface area (Å²) in [5.74, 6) is -0.394. The molecule has 0 radical (unpaired) electrons. The molecule has 40 heavy (non-hydrogen) atoms. The van der Waals surface area contributed by atoms with E-state index < -0.39 is 17.5 Å². The standard InChI is InChI=1S/C27H19Cl2N9O2/c28-17-6-7-22(38-14-24(29)34-36-38)18(11-17)21-12-25(39)37(15-31-21)23(10-16-4-2-1-3-5-16)27(40)33-20-8-9-30-26-19(20)13-32-35-26/h1-9,11-15,23H,10H2,(H2,30,32,33,35,40)/t23-/m0/s1. The minimum atomic E-state index is -0.903. The second-order valence-electron chi connectivity index (χ2n) is 8.85. The smallest absolute Gasteiger partial charge is 0.254 e. The van der Waals surface area contributed by atoms with E-state index in [9.17, 15) is 9.59 Å². The molecule has 0 aliphatic rings. The van der Waals surface area contributed by atoms with Crippen LogP contribution in [0.1, 0.15) is 11.6 Å². The highest BCUT2D eigenvalue weighted by atomic mass is 35.5. The van der Waals surface area contributed by atoms with E-state index >= 15 is 0 Å². The molecule has 0 fully saturated rings. The third-order valence-corrected chi connectivity index (χ3v) is 6.71.